The molecule has 0 unspecified atom stereocenters. The van der Waals surface area contributed by atoms with Crippen LogP contribution in [0.1, 0.15) is 18.9 Å². The van der Waals surface area contributed by atoms with Crippen LogP contribution in [0.4, 0.5) is 0 Å². The number of nitrogens with zero attached hydrogens (tertiary/aromatic N) is 1. The van der Waals surface area contributed by atoms with E-state index in [1.165, 1.54) is 0 Å². The minimum Gasteiger partial charge on any atom is -0.456 e. The van der Waals surface area contributed by atoms with E-state index >= 15 is 0 Å². The van der Waals surface area contributed by atoms with Gasteiger partial charge in [-0.3, -0.25) is 4.98 Å². The van der Waals surface area contributed by atoms with E-state index in [1.807, 2.05) is 49.8 Å². The van der Waals surface area contributed by atoms with Crippen molar-refractivity contribution in [2.75, 3.05) is 7.05 Å². The summed E-state index contributed by atoms with van der Waals surface area (Å²) in [6.45, 7) is 2.15. The van der Waals surface area contributed by atoms with Gasteiger partial charge in [0, 0.05) is 29.3 Å². The van der Waals surface area contributed by atoms with Crippen LogP contribution in [0, 0.1) is 0 Å². The van der Waals surface area contributed by atoms with Crippen LogP contribution < -0.4 is 10.1 Å². The Morgan fingerprint density at radius 3 is 3.00 bits per heavy atom. The van der Waals surface area contributed by atoms with Crippen LogP contribution in [0.25, 0.3) is 17.0 Å². The Labute approximate surface area is 136 Å². The summed E-state index contributed by atoms with van der Waals surface area (Å²) in [7, 11) is 1.97. The lowest BCUT2D eigenvalue weighted by atomic mass is 10.2. The van der Waals surface area contributed by atoms with Gasteiger partial charge in [0.15, 0.2) is 0 Å². The molecule has 1 atom stereocenters. The monoisotopic (exact) mass is 307 g/mol. The molecule has 4 nitrogen and oxygen atoms in total. The van der Waals surface area contributed by atoms with Gasteiger partial charge in [0.05, 0.1) is 6.20 Å². The maximum absolute atomic E-state index is 5.92. The van der Waals surface area contributed by atoms with Crippen LogP contribution in [-0.2, 0) is 0 Å². The lowest BCUT2D eigenvalue weighted by Crippen LogP contribution is -2.19. The third-order valence-electron chi connectivity index (χ3n) is 3.79. The molecule has 0 bridgehead atoms. The molecule has 23 heavy (non-hydrogen) atoms. The number of hydrogen-bond donors (Lipinski definition) is 2. The summed E-state index contributed by atoms with van der Waals surface area (Å²) >= 11 is 0. The fourth-order valence-electron chi connectivity index (χ4n) is 2.34. The fraction of sp³-hybridized carbons (Fsp3) is 0.211. The van der Waals surface area contributed by atoms with Crippen molar-refractivity contribution < 1.29 is 4.74 Å². The van der Waals surface area contributed by atoms with Gasteiger partial charge in [0.1, 0.15) is 11.5 Å². The van der Waals surface area contributed by atoms with Crippen LogP contribution in [-0.4, -0.2) is 23.1 Å². The van der Waals surface area contributed by atoms with E-state index < -0.39 is 0 Å². The highest BCUT2D eigenvalue weighted by atomic mass is 16.5. The molecule has 0 saturated heterocycles. The lowest BCUT2D eigenvalue weighted by molar-refractivity contribution is 0.481. The largest absolute Gasteiger partial charge is 0.456 e. The third kappa shape index (κ3) is 3.99. The van der Waals surface area contributed by atoms with Crippen LogP contribution in [0.5, 0.6) is 11.5 Å². The molecule has 118 valence electrons. The molecule has 2 aromatic heterocycles. The summed E-state index contributed by atoms with van der Waals surface area (Å²) in [5.41, 5.74) is 2.14. The van der Waals surface area contributed by atoms with E-state index in [2.05, 4.69) is 34.4 Å². The second-order valence-electron chi connectivity index (χ2n) is 5.61. The van der Waals surface area contributed by atoms with E-state index in [0.717, 1.165) is 34.4 Å². The van der Waals surface area contributed by atoms with E-state index in [9.17, 15) is 0 Å². The van der Waals surface area contributed by atoms with E-state index in [0.29, 0.717) is 6.04 Å². The summed E-state index contributed by atoms with van der Waals surface area (Å²) in [6, 6.07) is 10.5. The molecule has 1 aromatic carbocycles. The highest BCUT2D eigenvalue weighted by Crippen LogP contribution is 2.25. The van der Waals surface area contributed by atoms with Crippen molar-refractivity contribution in [1.82, 2.24) is 15.3 Å². The molecule has 0 aliphatic heterocycles. The molecule has 2 N–H and O–H groups in total. The van der Waals surface area contributed by atoms with Gasteiger partial charge in [-0.25, -0.2) is 0 Å². The van der Waals surface area contributed by atoms with Gasteiger partial charge >= 0.3 is 0 Å². The number of rotatable bonds is 6. The molecule has 0 saturated carbocycles. The highest BCUT2D eigenvalue weighted by molar-refractivity contribution is 5.80. The maximum atomic E-state index is 5.92. The summed E-state index contributed by atoms with van der Waals surface area (Å²) < 4.78 is 5.92. The van der Waals surface area contributed by atoms with E-state index in [4.69, 9.17) is 4.74 Å². The standard InChI is InChI=1S/C19H21N3O/c1-14(20-2)4-3-5-15-10-18(13-21-12-15)23-17-6-7-19-16(11-17)8-9-22-19/h3,5-14,20,22H,4H2,1-2H3/b5-3+/t14-/m1/s1. The van der Waals surface area contributed by atoms with E-state index in [1.54, 1.807) is 6.20 Å². The first-order valence-corrected chi connectivity index (χ1v) is 7.78. The number of benzene rings is 1. The van der Waals surface area contributed by atoms with Gasteiger partial charge in [0.25, 0.3) is 0 Å². The predicted octanol–water partition coefficient (Wildman–Crippen LogP) is 4.37. The van der Waals surface area contributed by atoms with E-state index in [-0.39, 0.29) is 0 Å². The van der Waals surface area contributed by atoms with Crippen molar-refractivity contribution in [2.24, 2.45) is 0 Å². The van der Waals surface area contributed by atoms with Crippen molar-refractivity contribution in [3.63, 3.8) is 0 Å². The van der Waals surface area contributed by atoms with Crippen molar-refractivity contribution in [3.8, 4) is 11.5 Å². The number of pyridine rings is 1. The topological polar surface area (TPSA) is 49.9 Å². The number of aromatic amines is 1. The molecule has 0 aliphatic rings. The second-order valence-corrected chi connectivity index (χ2v) is 5.61. The van der Waals surface area contributed by atoms with Gasteiger partial charge < -0.3 is 15.0 Å². The predicted molar refractivity (Wildman–Crippen MR) is 94.8 cm³/mol. The van der Waals surface area contributed by atoms with Gasteiger partial charge in [-0.1, -0.05) is 12.2 Å². The van der Waals surface area contributed by atoms with Crippen molar-refractivity contribution >= 4 is 17.0 Å². The molecule has 0 radical (unpaired) electrons. The zero-order valence-electron chi connectivity index (χ0n) is 13.4. The number of fused-ring (bicyclic) bond motifs is 1. The minimum absolute atomic E-state index is 0.465. The third-order valence-corrected chi connectivity index (χ3v) is 3.79. The molecule has 4 heteroatoms. The van der Waals surface area contributed by atoms with Crippen LogP contribution in [0.3, 0.4) is 0 Å². The van der Waals surface area contributed by atoms with Crippen molar-refractivity contribution in [1.29, 1.82) is 0 Å². The molecule has 2 heterocycles. The summed E-state index contributed by atoms with van der Waals surface area (Å²) in [5.74, 6) is 1.55. The Morgan fingerprint density at radius 2 is 2.13 bits per heavy atom. The SMILES string of the molecule is CN[C@H](C)C/C=C/c1cncc(Oc2ccc3[nH]ccc3c2)c1. The number of nitrogens with one attached hydrogen (secondary N) is 2. The first-order chi connectivity index (χ1) is 11.2. The average Bonchev–Trinajstić information content (AvgIpc) is 3.03. The van der Waals surface area contributed by atoms with Crippen molar-refractivity contribution in [2.45, 2.75) is 19.4 Å². The second kappa shape index (κ2) is 7.11. The Bertz CT molecular complexity index is 807. The molecule has 0 fully saturated rings. The first kappa shape index (κ1) is 15.3. The Hall–Kier alpha value is -2.59. The average molecular weight is 307 g/mol. The molecule has 3 aromatic rings. The number of aromatic nitrogens is 2. The quantitative estimate of drug-likeness (QED) is 0.711. The zero-order chi connectivity index (χ0) is 16.1. The van der Waals surface area contributed by atoms with Crippen LogP contribution in [0.2, 0.25) is 0 Å². The normalized spacial score (nSPS) is 12.8. The smallest absolute Gasteiger partial charge is 0.146 e. The van der Waals surface area contributed by atoms with Crippen LogP contribution in [0.15, 0.2) is 55.0 Å². The van der Waals surface area contributed by atoms with Gasteiger partial charge in [-0.15, -0.1) is 0 Å². The van der Waals surface area contributed by atoms with Crippen LogP contribution >= 0.6 is 0 Å². The first-order valence-electron chi connectivity index (χ1n) is 7.78. The minimum atomic E-state index is 0.465. The molecule has 0 amide bonds. The zero-order valence-corrected chi connectivity index (χ0v) is 13.4. The Balaban J connectivity index is 1.71. The van der Waals surface area contributed by atoms with Gasteiger partial charge in [-0.2, -0.15) is 0 Å². The van der Waals surface area contributed by atoms with Gasteiger partial charge in [0.2, 0.25) is 0 Å². The lowest BCUT2D eigenvalue weighted by Gasteiger charge is -2.07. The van der Waals surface area contributed by atoms with Gasteiger partial charge in [-0.05, 0) is 56.3 Å². The maximum Gasteiger partial charge on any atom is 0.146 e. The molecular weight excluding hydrogens is 286 g/mol. The Morgan fingerprint density at radius 1 is 1.22 bits per heavy atom. The number of ether oxygens (including phenoxy) is 1. The summed E-state index contributed by atoms with van der Waals surface area (Å²) in [6.07, 6.45) is 10.7. The van der Waals surface area contributed by atoms with Crippen molar-refractivity contribution in [3.05, 3.63) is 60.6 Å². The molecule has 0 aliphatic carbocycles. The molecular formula is C19H21N3O. The fourth-order valence-corrected chi connectivity index (χ4v) is 2.34. The highest BCUT2D eigenvalue weighted by Gasteiger charge is 2.01. The molecule has 0 spiro atoms. The number of hydrogen-bond acceptors (Lipinski definition) is 3. The Kier molecular flexibility index (Phi) is 4.74. The summed E-state index contributed by atoms with van der Waals surface area (Å²) in [4.78, 5) is 7.43. The molecule has 3 rings (SSSR count). The number of H-pyrrole nitrogens is 1. The summed E-state index contributed by atoms with van der Waals surface area (Å²) in [5, 5.41) is 4.35.